The van der Waals surface area contributed by atoms with Crippen LogP contribution in [0.4, 0.5) is 10.2 Å². The Balaban J connectivity index is 2.41. The maximum atomic E-state index is 12.9. The molecule has 1 N–H and O–H groups in total. The molecule has 0 amide bonds. The molecule has 0 fully saturated rings. The smallest absolute Gasteiger partial charge is 0.263 e. The van der Waals surface area contributed by atoms with Gasteiger partial charge < -0.3 is 0 Å². The maximum Gasteiger partial charge on any atom is 0.264 e. The highest BCUT2D eigenvalue weighted by Crippen LogP contribution is 2.17. The van der Waals surface area contributed by atoms with E-state index in [1.165, 1.54) is 30.3 Å². The number of halogens is 1. The van der Waals surface area contributed by atoms with Gasteiger partial charge in [0.2, 0.25) is 5.95 Å². The molecule has 1 aromatic heterocycles. The van der Waals surface area contributed by atoms with Crippen molar-refractivity contribution < 1.29 is 12.8 Å². The van der Waals surface area contributed by atoms with Crippen LogP contribution in [0.1, 0.15) is 5.56 Å². The molecule has 19 heavy (non-hydrogen) atoms. The van der Waals surface area contributed by atoms with Crippen molar-refractivity contribution in [2.45, 2.75) is 4.90 Å². The van der Waals surface area contributed by atoms with Gasteiger partial charge in [-0.3, -0.25) is 4.72 Å². The van der Waals surface area contributed by atoms with Gasteiger partial charge in [0.15, 0.2) is 0 Å². The summed E-state index contributed by atoms with van der Waals surface area (Å²) >= 11 is 0. The molecule has 2 aromatic rings. The molecule has 2 rings (SSSR count). The Hall–Kier alpha value is -2.46. The number of hydrogen-bond donors (Lipinski definition) is 1. The van der Waals surface area contributed by atoms with Crippen molar-refractivity contribution in [3.05, 3.63) is 54.0 Å². The second kappa shape index (κ2) is 5.04. The lowest BCUT2D eigenvalue weighted by Crippen LogP contribution is -2.15. The van der Waals surface area contributed by atoms with Crippen molar-refractivity contribution in [3.63, 3.8) is 0 Å². The first-order valence-corrected chi connectivity index (χ1v) is 6.66. The molecule has 7 heteroatoms. The molecule has 0 bridgehead atoms. The Morgan fingerprint density at radius 3 is 2.58 bits per heavy atom. The summed E-state index contributed by atoms with van der Waals surface area (Å²) < 4.78 is 39.1. The summed E-state index contributed by atoms with van der Waals surface area (Å²) in [5.74, 6) is -0.943. The minimum Gasteiger partial charge on any atom is -0.263 e. The summed E-state index contributed by atoms with van der Waals surface area (Å²) in [6.45, 7) is 0. The van der Waals surface area contributed by atoms with E-state index in [4.69, 9.17) is 5.26 Å². The first-order chi connectivity index (χ1) is 9.03. The zero-order valence-corrected chi connectivity index (χ0v) is 10.4. The van der Waals surface area contributed by atoms with Gasteiger partial charge in [-0.2, -0.15) is 9.65 Å². The van der Waals surface area contributed by atoms with Crippen molar-refractivity contribution in [1.82, 2.24) is 4.98 Å². The van der Waals surface area contributed by atoms with E-state index in [1.807, 2.05) is 0 Å². The summed E-state index contributed by atoms with van der Waals surface area (Å²) in [4.78, 5) is 3.22. The third-order valence-electron chi connectivity index (χ3n) is 2.25. The zero-order chi connectivity index (χ0) is 13.9. The van der Waals surface area contributed by atoms with Crippen molar-refractivity contribution in [2.75, 3.05) is 4.72 Å². The number of nitrogens with zero attached hydrogens (tertiary/aromatic N) is 2. The topological polar surface area (TPSA) is 82.8 Å². The second-order valence-electron chi connectivity index (χ2n) is 3.56. The molecule has 1 aromatic carbocycles. The summed E-state index contributed by atoms with van der Waals surface area (Å²) in [5, 5.41) is 8.87. The Bertz CT molecular complexity index is 754. The highest BCUT2D eigenvalue weighted by molar-refractivity contribution is 7.92. The first-order valence-electron chi connectivity index (χ1n) is 5.17. The van der Waals surface area contributed by atoms with E-state index < -0.39 is 16.0 Å². The minimum absolute atomic E-state index is 0.00593. The van der Waals surface area contributed by atoms with Crippen molar-refractivity contribution in [1.29, 1.82) is 5.26 Å². The van der Waals surface area contributed by atoms with Crippen LogP contribution >= 0.6 is 0 Å². The molecular weight excluding hydrogens is 269 g/mol. The van der Waals surface area contributed by atoms with Crippen LogP contribution < -0.4 is 4.72 Å². The molecule has 0 aliphatic rings. The van der Waals surface area contributed by atoms with Crippen molar-refractivity contribution in [3.8, 4) is 6.07 Å². The van der Waals surface area contributed by atoms with Gasteiger partial charge >= 0.3 is 0 Å². The number of aromatic nitrogens is 1. The number of anilines is 1. The molecule has 0 atom stereocenters. The standard InChI is InChI=1S/C12H8FN3O2S/c13-11-6-3-7-12(15-11)16-19(17,18)10-5-2-1-4-9(10)8-14/h1-7H,(H,15,16). The van der Waals surface area contributed by atoms with Crippen LogP contribution in [0.3, 0.4) is 0 Å². The molecule has 0 aliphatic carbocycles. The molecule has 0 unspecified atom stereocenters. The number of benzene rings is 1. The Morgan fingerprint density at radius 2 is 1.89 bits per heavy atom. The summed E-state index contributed by atoms with van der Waals surface area (Å²) in [6, 6.07) is 11.3. The normalized spacial score (nSPS) is 10.7. The SMILES string of the molecule is N#Cc1ccccc1S(=O)(=O)Nc1cccc(F)n1. The van der Waals surface area contributed by atoms with E-state index in [0.29, 0.717) is 0 Å². The van der Waals surface area contributed by atoms with Gasteiger partial charge in [0.1, 0.15) is 16.8 Å². The van der Waals surface area contributed by atoms with Gasteiger partial charge in [-0.25, -0.2) is 13.4 Å². The van der Waals surface area contributed by atoms with Crippen LogP contribution in [0.5, 0.6) is 0 Å². The van der Waals surface area contributed by atoms with Crippen LogP contribution in [-0.2, 0) is 10.0 Å². The summed E-state index contributed by atoms with van der Waals surface area (Å²) in [6.07, 6.45) is 0. The van der Waals surface area contributed by atoms with Gasteiger partial charge in [0, 0.05) is 0 Å². The molecule has 0 saturated heterocycles. The van der Waals surface area contributed by atoms with E-state index in [-0.39, 0.29) is 16.3 Å². The predicted molar refractivity (Wildman–Crippen MR) is 66.2 cm³/mol. The number of nitrogens with one attached hydrogen (secondary N) is 1. The second-order valence-corrected chi connectivity index (χ2v) is 5.21. The largest absolute Gasteiger partial charge is 0.264 e. The Morgan fingerprint density at radius 1 is 1.16 bits per heavy atom. The molecule has 0 saturated carbocycles. The molecule has 0 radical (unpaired) electrons. The fourth-order valence-electron chi connectivity index (χ4n) is 1.45. The molecule has 0 aliphatic heterocycles. The molecule has 5 nitrogen and oxygen atoms in total. The molecule has 96 valence electrons. The van der Waals surface area contributed by atoms with Gasteiger partial charge in [-0.1, -0.05) is 18.2 Å². The third kappa shape index (κ3) is 2.86. The van der Waals surface area contributed by atoms with E-state index in [1.54, 1.807) is 12.1 Å². The number of pyridine rings is 1. The summed E-state index contributed by atoms with van der Waals surface area (Å²) in [5.41, 5.74) is 0.00593. The van der Waals surface area contributed by atoms with E-state index >= 15 is 0 Å². The fourth-order valence-corrected chi connectivity index (χ4v) is 2.61. The van der Waals surface area contributed by atoms with Crippen LogP contribution in [0, 0.1) is 17.3 Å². The van der Waals surface area contributed by atoms with Crippen LogP contribution in [0.25, 0.3) is 0 Å². The first kappa shape index (κ1) is 13.0. The average Bonchev–Trinajstić information content (AvgIpc) is 2.38. The van der Waals surface area contributed by atoms with Crippen molar-refractivity contribution in [2.24, 2.45) is 0 Å². The van der Waals surface area contributed by atoms with E-state index in [2.05, 4.69) is 9.71 Å². The van der Waals surface area contributed by atoms with Gasteiger partial charge in [-0.15, -0.1) is 0 Å². The molecule has 0 spiro atoms. The Kier molecular flexibility index (Phi) is 3.44. The van der Waals surface area contributed by atoms with Crippen LogP contribution in [0.2, 0.25) is 0 Å². The predicted octanol–water partition coefficient (Wildman–Crippen LogP) is 1.89. The highest BCUT2D eigenvalue weighted by Gasteiger charge is 2.18. The number of rotatable bonds is 3. The highest BCUT2D eigenvalue weighted by atomic mass is 32.2. The lowest BCUT2D eigenvalue weighted by molar-refractivity contribution is 0.584. The third-order valence-corrected chi connectivity index (χ3v) is 3.66. The van der Waals surface area contributed by atoms with E-state index in [0.717, 1.165) is 6.07 Å². The number of nitriles is 1. The Labute approximate surface area is 109 Å². The lowest BCUT2D eigenvalue weighted by atomic mass is 10.2. The average molecular weight is 277 g/mol. The quantitative estimate of drug-likeness (QED) is 0.868. The van der Waals surface area contributed by atoms with Gasteiger partial charge in [0.25, 0.3) is 10.0 Å². The van der Waals surface area contributed by atoms with Crippen LogP contribution in [-0.4, -0.2) is 13.4 Å². The van der Waals surface area contributed by atoms with Crippen molar-refractivity contribution >= 4 is 15.8 Å². The number of sulfonamides is 1. The van der Waals surface area contributed by atoms with Gasteiger partial charge in [-0.05, 0) is 24.3 Å². The molecule has 1 heterocycles. The fraction of sp³-hybridized carbons (Fsp3) is 0. The monoisotopic (exact) mass is 277 g/mol. The zero-order valence-electron chi connectivity index (χ0n) is 9.54. The summed E-state index contributed by atoms with van der Waals surface area (Å²) in [7, 11) is -3.97. The van der Waals surface area contributed by atoms with E-state index in [9.17, 15) is 12.8 Å². The van der Waals surface area contributed by atoms with Crippen LogP contribution in [0.15, 0.2) is 47.4 Å². The molecular formula is C12H8FN3O2S. The lowest BCUT2D eigenvalue weighted by Gasteiger charge is -2.08. The van der Waals surface area contributed by atoms with Gasteiger partial charge in [0.05, 0.1) is 5.56 Å². The maximum absolute atomic E-state index is 12.9. The minimum atomic E-state index is -3.97. The number of hydrogen-bond acceptors (Lipinski definition) is 4.